The lowest BCUT2D eigenvalue weighted by Gasteiger charge is -2.02. The first-order valence-corrected chi connectivity index (χ1v) is 6.97. The van der Waals surface area contributed by atoms with E-state index >= 15 is 0 Å². The van der Waals surface area contributed by atoms with Crippen LogP contribution in [0.25, 0.3) is 11.5 Å². The number of benzene rings is 2. The number of halogens is 1. The van der Waals surface area contributed by atoms with E-state index in [2.05, 4.69) is 15.5 Å². The summed E-state index contributed by atoms with van der Waals surface area (Å²) in [5.74, 6) is 1.08. The molecule has 106 valence electrons. The van der Waals surface area contributed by atoms with Crippen molar-refractivity contribution in [2.75, 3.05) is 5.32 Å². The van der Waals surface area contributed by atoms with Crippen LogP contribution in [0.2, 0.25) is 5.02 Å². The molecule has 21 heavy (non-hydrogen) atoms. The molecule has 0 spiro atoms. The predicted octanol–water partition coefficient (Wildman–Crippen LogP) is 4.31. The highest BCUT2D eigenvalue weighted by Crippen LogP contribution is 2.19. The standard InChI is InChI=1S/C16H14ClN3O/c1-11-3-2-4-12(9-11)16-20-19-15(21-16)10-18-14-7-5-13(17)6-8-14/h2-9,18H,10H2,1H3. The zero-order valence-corrected chi connectivity index (χ0v) is 12.3. The maximum Gasteiger partial charge on any atom is 0.247 e. The minimum Gasteiger partial charge on any atom is -0.419 e. The molecule has 0 fully saturated rings. The van der Waals surface area contributed by atoms with Crippen LogP contribution >= 0.6 is 11.6 Å². The number of nitrogens with one attached hydrogen (secondary N) is 1. The Labute approximate surface area is 127 Å². The Hall–Kier alpha value is -2.33. The molecule has 0 radical (unpaired) electrons. The Morgan fingerprint density at radius 3 is 2.67 bits per heavy atom. The Morgan fingerprint density at radius 1 is 1.10 bits per heavy atom. The van der Waals surface area contributed by atoms with Gasteiger partial charge in [-0.15, -0.1) is 10.2 Å². The van der Waals surface area contributed by atoms with Crippen LogP contribution in [0, 0.1) is 6.92 Å². The molecule has 0 atom stereocenters. The third kappa shape index (κ3) is 3.41. The average Bonchev–Trinajstić information content (AvgIpc) is 2.96. The molecule has 0 aliphatic carbocycles. The lowest BCUT2D eigenvalue weighted by Crippen LogP contribution is -1.99. The van der Waals surface area contributed by atoms with Gasteiger partial charge in [0, 0.05) is 16.3 Å². The molecule has 3 aromatic rings. The molecule has 1 N–H and O–H groups in total. The second-order valence-electron chi connectivity index (χ2n) is 4.73. The van der Waals surface area contributed by atoms with E-state index in [1.165, 1.54) is 0 Å². The van der Waals surface area contributed by atoms with Crippen molar-refractivity contribution in [3.63, 3.8) is 0 Å². The molecular formula is C16H14ClN3O. The molecule has 3 rings (SSSR count). The van der Waals surface area contributed by atoms with Crippen molar-refractivity contribution in [2.24, 2.45) is 0 Å². The van der Waals surface area contributed by atoms with E-state index in [1.54, 1.807) is 0 Å². The highest BCUT2D eigenvalue weighted by molar-refractivity contribution is 6.30. The Kier molecular flexibility index (Phi) is 3.88. The van der Waals surface area contributed by atoms with Gasteiger partial charge >= 0.3 is 0 Å². The summed E-state index contributed by atoms with van der Waals surface area (Å²) < 4.78 is 5.66. The van der Waals surface area contributed by atoms with Crippen molar-refractivity contribution in [2.45, 2.75) is 13.5 Å². The molecular weight excluding hydrogens is 286 g/mol. The average molecular weight is 300 g/mol. The van der Waals surface area contributed by atoms with Crippen LogP contribution in [0.5, 0.6) is 0 Å². The zero-order valence-electron chi connectivity index (χ0n) is 11.5. The van der Waals surface area contributed by atoms with E-state index in [1.807, 2.05) is 55.5 Å². The first kappa shape index (κ1) is 13.6. The number of rotatable bonds is 4. The summed E-state index contributed by atoms with van der Waals surface area (Å²) in [6.45, 7) is 2.50. The van der Waals surface area contributed by atoms with Gasteiger partial charge in [-0.3, -0.25) is 0 Å². The van der Waals surface area contributed by atoms with Crippen molar-refractivity contribution in [1.82, 2.24) is 10.2 Å². The minimum atomic E-state index is 0.473. The molecule has 0 aliphatic heterocycles. The van der Waals surface area contributed by atoms with Crippen LogP contribution in [0.3, 0.4) is 0 Å². The fourth-order valence-electron chi connectivity index (χ4n) is 1.97. The van der Waals surface area contributed by atoms with E-state index in [9.17, 15) is 0 Å². The van der Waals surface area contributed by atoms with Crippen LogP contribution in [0.15, 0.2) is 52.9 Å². The summed E-state index contributed by atoms with van der Waals surface area (Å²) in [6, 6.07) is 15.4. The monoisotopic (exact) mass is 299 g/mol. The number of nitrogens with zero attached hydrogens (tertiary/aromatic N) is 2. The lowest BCUT2D eigenvalue weighted by atomic mass is 10.1. The fourth-order valence-corrected chi connectivity index (χ4v) is 2.09. The van der Waals surface area contributed by atoms with E-state index in [4.69, 9.17) is 16.0 Å². The number of aryl methyl sites for hydroxylation is 1. The van der Waals surface area contributed by atoms with E-state index in [-0.39, 0.29) is 0 Å². The molecule has 4 nitrogen and oxygen atoms in total. The normalized spacial score (nSPS) is 10.6. The molecule has 0 saturated carbocycles. The van der Waals surface area contributed by atoms with Gasteiger partial charge in [0.2, 0.25) is 11.8 Å². The van der Waals surface area contributed by atoms with Gasteiger partial charge in [-0.2, -0.15) is 0 Å². The molecule has 2 aromatic carbocycles. The van der Waals surface area contributed by atoms with Gasteiger partial charge < -0.3 is 9.73 Å². The van der Waals surface area contributed by atoms with E-state index < -0.39 is 0 Å². The summed E-state index contributed by atoms with van der Waals surface area (Å²) >= 11 is 5.84. The van der Waals surface area contributed by atoms with Crippen LogP contribution in [0.4, 0.5) is 5.69 Å². The quantitative estimate of drug-likeness (QED) is 0.780. The van der Waals surface area contributed by atoms with Crippen molar-refractivity contribution >= 4 is 17.3 Å². The third-order valence-electron chi connectivity index (χ3n) is 3.02. The zero-order chi connectivity index (χ0) is 14.7. The number of anilines is 1. The summed E-state index contributed by atoms with van der Waals surface area (Å²) in [5.41, 5.74) is 3.04. The second-order valence-corrected chi connectivity index (χ2v) is 5.17. The SMILES string of the molecule is Cc1cccc(-c2nnc(CNc3ccc(Cl)cc3)o2)c1. The Morgan fingerprint density at radius 2 is 1.90 bits per heavy atom. The maximum absolute atomic E-state index is 5.84. The fraction of sp³-hybridized carbons (Fsp3) is 0.125. The smallest absolute Gasteiger partial charge is 0.247 e. The Balaban J connectivity index is 1.69. The number of hydrogen-bond donors (Lipinski definition) is 1. The molecule has 0 unspecified atom stereocenters. The number of aromatic nitrogens is 2. The molecule has 0 aliphatic rings. The largest absolute Gasteiger partial charge is 0.419 e. The van der Waals surface area contributed by atoms with Crippen LogP contribution < -0.4 is 5.32 Å². The highest BCUT2D eigenvalue weighted by atomic mass is 35.5. The van der Waals surface area contributed by atoms with Crippen LogP contribution in [-0.2, 0) is 6.54 Å². The van der Waals surface area contributed by atoms with Gasteiger partial charge in [0.25, 0.3) is 0 Å². The van der Waals surface area contributed by atoms with E-state index in [0.29, 0.717) is 23.3 Å². The second kappa shape index (κ2) is 5.97. The van der Waals surface area contributed by atoms with Gasteiger partial charge in [-0.1, -0.05) is 29.3 Å². The van der Waals surface area contributed by atoms with Crippen LogP contribution in [-0.4, -0.2) is 10.2 Å². The highest BCUT2D eigenvalue weighted by Gasteiger charge is 2.08. The van der Waals surface area contributed by atoms with Gasteiger partial charge in [0.05, 0.1) is 6.54 Å². The lowest BCUT2D eigenvalue weighted by molar-refractivity contribution is 0.515. The third-order valence-corrected chi connectivity index (χ3v) is 3.27. The van der Waals surface area contributed by atoms with Gasteiger partial charge in [0.1, 0.15) is 0 Å². The van der Waals surface area contributed by atoms with Gasteiger partial charge in [-0.25, -0.2) is 0 Å². The molecule has 0 bridgehead atoms. The summed E-state index contributed by atoms with van der Waals surface area (Å²) in [5, 5.41) is 12.0. The molecule has 0 saturated heterocycles. The van der Waals surface area contributed by atoms with Gasteiger partial charge in [-0.05, 0) is 43.3 Å². The van der Waals surface area contributed by atoms with Crippen molar-refractivity contribution < 1.29 is 4.42 Å². The topological polar surface area (TPSA) is 51.0 Å². The van der Waals surface area contributed by atoms with Crippen molar-refractivity contribution in [3.8, 4) is 11.5 Å². The van der Waals surface area contributed by atoms with Crippen molar-refractivity contribution in [3.05, 3.63) is 65.0 Å². The first-order chi connectivity index (χ1) is 10.2. The van der Waals surface area contributed by atoms with Crippen molar-refractivity contribution in [1.29, 1.82) is 0 Å². The van der Waals surface area contributed by atoms with Crippen LogP contribution in [0.1, 0.15) is 11.5 Å². The molecule has 0 amide bonds. The Bertz CT molecular complexity index is 737. The molecule has 1 heterocycles. The summed E-state index contributed by atoms with van der Waals surface area (Å²) in [6.07, 6.45) is 0. The molecule has 5 heteroatoms. The summed E-state index contributed by atoms with van der Waals surface area (Å²) in [7, 11) is 0. The van der Waals surface area contributed by atoms with Gasteiger partial charge in [0.15, 0.2) is 0 Å². The number of hydrogen-bond acceptors (Lipinski definition) is 4. The minimum absolute atomic E-state index is 0.473. The summed E-state index contributed by atoms with van der Waals surface area (Å²) in [4.78, 5) is 0. The first-order valence-electron chi connectivity index (χ1n) is 6.59. The predicted molar refractivity (Wildman–Crippen MR) is 83.2 cm³/mol. The molecule has 1 aromatic heterocycles. The van der Waals surface area contributed by atoms with E-state index in [0.717, 1.165) is 16.8 Å². The maximum atomic E-state index is 5.84.